The summed E-state index contributed by atoms with van der Waals surface area (Å²) < 4.78 is 6.46. The number of rotatable bonds is 7. The molecule has 2 aliphatic rings. The van der Waals surface area contributed by atoms with Gasteiger partial charge in [-0.15, -0.1) is 0 Å². The molecule has 282 valence electrons. The highest BCUT2D eigenvalue weighted by Crippen LogP contribution is 2.62. The minimum atomic E-state index is -0.620. The first-order chi connectivity index (χ1) is 29.8. The maximum atomic E-state index is 6.46. The minimum absolute atomic E-state index is 0.556. The third-order valence-corrected chi connectivity index (χ3v) is 13.1. The lowest BCUT2D eigenvalue weighted by atomic mass is 9.67. The van der Waals surface area contributed by atoms with Crippen LogP contribution in [0.4, 0.5) is 17.1 Å². The molecule has 0 unspecified atom stereocenters. The Morgan fingerprint density at radius 2 is 0.800 bits per heavy atom. The van der Waals surface area contributed by atoms with E-state index in [1.807, 2.05) is 6.26 Å². The molecule has 0 fully saturated rings. The second-order valence-electron chi connectivity index (χ2n) is 15.9. The highest BCUT2D eigenvalue weighted by molar-refractivity contribution is 6.00. The molecule has 0 atom stereocenters. The van der Waals surface area contributed by atoms with E-state index in [0.29, 0.717) is 0 Å². The van der Waals surface area contributed by atoms with Gasteiger partial charge in [0.1, 0.15) is 0 Å². The number of benzene rings is 9. The topological polar surface area (TPSA) is 16.4 Å². The van der Waals surface area contributed by atoms with Gasteiger partial charge >= 0.3 is 0 Å². The van der Waals surface area contributed by atoms with E-state index in [2.05, 4.69) is 235 Å². The molecule has 0 aliphatic heterocycles. The molecular weight excluding hydrogens is 727 g/mol. The Morgan fingerprint density at radius 3 is 1.42 bits per heavy atom. The van der Waals surface area contributed by atoms with Crippen molar-refractivity contribution in [2.45, 2.75) is 10.8 Å². The Bertz CT molecular complexity index is 3120. The van der Waals surface area contributed by atoms with Gasteiger partial charge in [0.15, 0.2) is 5.58 Å². The molecule has 2 nitrogen and oxygen atoms in total. The van der Waals surface area contributed by atoms with Crippen LogP contribution in [0.25, 0.3) is 33.2 Å². The molecule has 2 heteroatoms. The summed E-state index contributed by atoms with van der Waals surface area (Å²) in [7, 11) is 0. The second-order valence-corrected chi connectivity index (χ2v) is 15.9. The lowest BCUT2D eigenvalue weighted by molar-refractivity contribution is 0.616. The van der Waals surface area contributed by atoms with Gasteiger partial charge in [-0.05, 0) is 91.5 Å². The fourth-order valence-electron chi connectivity index (χ4n) is 10.8. The van der Waals surface area contributed by atoms with Crippen molar-refractivity contribution in [3.05, 3.63) is 281 Å². The second kappa shape index (κ2) is 13.4. The SMILES string of the molecule is c1ccc(C2(c3ccccc3)c3ccccc3-c3ccc(N(c4cccc5c4C(c4ccccc4)(c4ccccc4)c4ccccc4-5)c4cccc5ccoc45)cc32)cc1. The van der Waals surface area contributed by atoms with Crippen LogP contribution in [-0.4, -0.2) is 0 Å². The predicted molar refractivity (Wildman–Crippen MR) is 246 cm³/mol. The van der Waals surface area contributed by atoms with Crippen molar-refractivity contribution in [3.8, 4) is 22.3 Å². The zero-order valence-corrected chi connectivity index (χ0v) is 32.9. The number of hydrogen-bond acceptors (Lipinski definition) is 2. The first-order valence-corrected chi connectivity index (χ1v) is 20.8. The maximum absolute atomic E-state index is 6.46. The minimum Gasteiger partial charge on any atom is -0.462 e. The summed E-state index contributed by atoms with van der Waals surface area (Å²) in [5.41, 5.74) is 17.8. The predicted octanol–water partition coefficient (Wildman–Crippen LogP) is 14.6. The lowest BCUT2D eigenvalue weighted by Crippen LogP contribution is -2.31. The number of furan rings is 1. The Morgan fingerprint density at radius 1 is 0.333 bits per heavy atom. The van der Waals surface area contributed by atoms with Gasteiger partial charge in [-0.25, -0.2) is 0 Å². The van der Waals surface area contributed by atoms with Crippen LogP contribution >= 0.6 is 0 Å². The van der Waals surface area contributed by atoms with Gasteiger partial charge < -0.3 is 9.32 Å². The van der Waals surface area contributed by atoms with Crippen molar-refractivity contribution >= 4 is 28.0 Å². The molecule has 0 saturated heterocycles. The van der Waals surface area contributed by atoms with E-state index in [9.17, 15) is 0 Å². The van der Waals surface area contributed by atoms with E-state index in [4.69, 9.17) is 4.42 Å². The molecule has 1 heterocycles. The molecule has 0 N–H and O–H groups in total. The van der Waals surface area contributed by atoms with Crippen molar-refractivity contribution in [2.24, 2.45) is 0 Å². The molecule has 12 rings (SSSR count). The third kappa shape index (κ3) is 4.70. The van der Waals surface area contributed by atoms with Gasteiger partial charge in [0.05, 0.1) is 28.5 Å². The van der Waals surface area contributed by atoms with Crippen LogP contribution in [0.1, 0.15) is 44.5 Å². The summed E-state index contributed by atoms with van der Waals surface area (Å²) in [4.78, 5) is 2.47. The summed E-state index contributed by atoms with van der Waals surface area (Å²) in [5, 5.41) is 1.06. The summed E-state index contributed by atoms with van der Waals surface area (Å²) in [6.45, 7) is 0. The summed E-state index contributed by atoms with van der Waals surface area (Å²) in [6.07, 6.45) is 1.81. The first-order valence-electron chi connectivity index (χ1n) is 20.8. The van der Waals surface area contributed by atoms with Crippen LogP contribution in [0.5, 0.6) is 0 Å². The van der Waals surface area contributed by atoms with Gasteiger partial charge in [0, 0.05) is 16.6 Å². The summed E-state index contributed by atoms with van der Waals surface area (Å²) in [6, 6.07) is 84.8. The van der Waals surface area contributed by atoms with Gasteiger partial charge in [0.2, 0.25) is 0 Å². The molecule has 0 radical (unpaired) electrons. The van der Waals surface area contributed by atoms with Gasteiger partial charge in [0.25, 0.3) is 0 Å². The summed E-state index contributed by atoms with van der Waals surface area (Å²) in [5.74, 6) is 0. The molecule has 9 aromatic carbocycles. The third-order valence-electron chi connectivity index (χ3n) is 13.1. The van der Waals surface area contributed by atoms with Gasteiger partial charge in [-0.2, -0.15) is 0 Å². The zero-order chi connectivity index (χ0) is 39.7. The fourth-order valence-corrected chi connectivity index (χ4v) is 10.8. The van der Waals surface area contributed by atoms with E-state index < -0.39 is 10.8 Å². The number of nitrogens with zero attached hydrogens (tertiary/aromatic N) is 1. The Labute approximate surface area is 350 Å². The van der Waals surface area contributed by atoms with E-state index in [1.54, 1.807) is 0 Å². The average molecular weight is 766 g/mol. The summed E-state index contributed by atoms with van der Waals surface area (Å²) >= 11 is 0. The highest BCUT2D eigenvalue weighted by atomic mass is 16.3. The van der Waals surface area contributed by atoms with Crippen LogP contribution < -0.4 is 4.90 Å². The molecule has 0 saturated carbocycles. The Kier molecular flexibility index (Phi) is 7.70. The normalized spacial score (nSPS) is 13.9. The highest BCUT2D eigenvalue weighted by Gasteiger charge is 2.49. The van der Waals surface area contributed by atoms with E-state index in [0.717, 1.165) is 28.0 Å². The standard InChI is InChI=1S/C58H39NO/c1-5-20-41(21-6-1)57(42-22-7-2-8-23-42)50-31-15-13-28-46(50)48-36-35-45(39-52(48)57)59(54-34-17-19-40-37-38-60-56(40)54)53-33-18-30-49-47-29-14-16-32-51(47)58(55(49)53,43-24-9-3-10-25-43)44-26-11-4-12-27-44/h1-39H. The van der Waals surface area contributed by atoms with Crippen LogP contribution in [0, 0.1) is 0 Å². The van der Waals surface area contributed by atoms with Crippen molar-refractivity contribution in [2.75, 3.05) is 4.90 Å². The largest absolute Gasteiger partial charge is 0.462 e. The van der Waals surface area contributed by atoms with E-state index in [1.165, 1.54) is 66.8 Å². The molecule has 10 aromatic rings. The molecule has 60 heavy (non-hydrogen) atoms. The van der Waals surface area contributed by atoms with Crippen LogP contribution in [0.2, 0.25) is 0 Å². The van der Waals surface area contributed by atoms with E-state index in [-0.39, 0.29) is 0 Å². The van der Waals surface area contributed by atoms with Gasteiger partial charge in [-0.3, -0.25) is 0 Å². The smallest absolute Gasteiger partial charge is 0.157 e. The quantitative estimate of drug-likeness (QED) is 0.161. The van der Waals surface area contributed by atoms with Crippen LogP contribution in [-0.2, 0) is 10.8 Å². The van der Waals surface area contributed by atoms with Crippen molar-refractivity contribution in [1.82, 2.24) is 0 Å². The monoisotopic (exact) mass is 765 g/mol. The molecule has 1 aromatic heterocycles. The fraction of sp³-hybridized carbons (Fsp3) is 0.0345. The zero-order valence-electron chi connectivity index (χ0n) is 32.9. The molecule has 0 bridgehead atoms. The molecular formula is C58H39NO. The van der Waals surface area contributed by atoms with Gasteiger partial charge in [-0.1, -0.05) is 200 Å². The molecule has 0 amide bonds. The number of fused-ring (bicyclic) bond motifs is 7. The molecule has 2 aliphatic carbocycles. The Balaban J connectivity index is 1.21. The van der Waals surface area contributed by atoms with Crippen LogP contribution in [0.3, 0.4) is 0 Å². The van der Waals surface area contributed by atoms with Crippen molar-refractivity contribution in [1.29, 1.82) is 0 Å². The van der Waals surface area contributed by atoms with Crippen molar-refractivity contribution in [3.63, 3.8) is 0 Å². The first kappa shape index (κ1) is 34.4. The Hall–Kier alpha value is -7.68. The maximum Gasteiger partial charge on any atom is 0.157 e. The van der Waals surface area contributed by atoms with E-state index >= 15 is 0 Å². The average Bonchev–Trinajstić information content (AvgIpc) is 4.02. The van der Waals surface area contributed by atoms with Crippen LogP contribution in [0.15, 0.2) is 241 Å². The lowest BCUT2D eigenvalue weighted by Gasteiger charge is -2.38. The van der Waals surface area contributed by atoms with Crippen molar-refractivity contribution < 1.29 is 4.42 Å². The number of para-hydroxylation sites is 1. The number of hydrogen-bond donors (Lipinski definition) is 0. The molecule has 0 spiro atoms. The number of anilines is 3.